The van der Waals surface area contributed by atoms with Gasteiger partial charge in [0.25, 0.3) is 0 Å². The second-order valence-corrected chi connectivity index (χ2v) is 16.3. The predicted octanol–water partition coefficient (Wildman–Crippen LogP) is 6.22. The van der Waals surface area contributed by atoms with E-state index < -0.39 is 13.4 Å². The van der Waals surface area contributed by atoms with Gasteiger partial charge in [-0.25, -0.2) is 0 Å². The lowest BCUT2D eigenvalue weighted by atomic mass is 10.0. The standard InChI is InChI=1S/C21H41NO3SSi/c1-14(2)17-21(24-19(23-17)16(5)6)22(12-13-26-21)18(15(3)4)25-27(10,11)20(7,8)9/h12-19H,1-11H3. The summed E-state index contributed by atoms with van der Waals surface area (Å²) in [5.74, 6) is 1.01. The maximum absolute atomic E-state index is 6.92. The number of nitrogens with zero attached hydrogens (tertiary/aromatic N) is 1. The molecule has 0 aromatic rings. The molecule has 2 rings (SSSR count). The van der Waals surface area contributed by atoms with Crippen molar-refractivity contribution in [2.75, 3.05) is 0 Å². The van der Waals surface area contributed by atoms with Crippen LogP contribution in [0.3, 0.4) is 0 Å². The summed E-state index contributed by atoms with van der Waals surface area (Å²) >= 11 is 1.73. The van der Waals surface area contributed by atoms with Crippen LogP contribution in [-0.2, 0) is 13.9 Å². The molecule has 0 aromatic heterocycles. The lowest BCUT2D eigenvalue weighted by molar-refractivity contribution is -0.150. The third-order valence-electron chi connectivity index (χ3n) is 5.96. The van der Waals surface area contributed by atoms with Crippen LogP contribution in [0.2, 0.25) is 18.1 Å². The maximum atomic E-state index is 6.92. The van der Waals surface area contributed by atoms with E-state index in [0.29, 0.717) is 17.8 Å². The first-order valence-electron chi connectivity index (χ1n) is 10.4. The summed E-state index contributed by atoms with van der Waals surface area (Å²) < 4.78 is 20.0. The van der Waals surface area contributed by atoms with Gasteiger partial charge in [-0.1, -0.05) is 74.1 Å². The first kappa shape index (κ1) is 23.3. The molecule has 0 aliphatic carbocycles. The van der Waals surface area contributed by atoms with Crippen LogP contribution in [0, 0.1) is 17.8 Å². The zero-order valence-electron chi connectivity index (χ0n) is 19.2. The smallest absolute Gasteiger partial charge is 0.225 e. The van der Waals surface area contributed by atoms with Gasteiger partial charge in [-0.05, 0) is 35.4 Å². The highest BCUT2D eigenvalue weighted by molar-refractivity contribution is 8.03. The lowest BCUT2D eigenvalue weighted by Gasteiger charge is -2.48. The third-order valence-corrected chi connectivity index (χ3v) is 11.5. The summed E-state index contributed by atoms with van der Waals surface area (Å²) in [6.45, 7) is 24.8. The normalized spacial score (nSPS) is 30.5. The minimum Gasteiger partial charge on any atom is -0.397 e. The van der Waals surface area contributed by atoms with Crippen molar-refractivity contribution in [2.24, 2.45) is 17.8 Å². The Bertz CT molecular complexity index is 544. The van der Waals surface area contributed by atoms with Gasteiger partial charge in [0, 0.05) is 12.1 Å². The van der Waals surface area contributed by atoms with E-state index in [1.807, 2.05) is 0 Å². The Hall–Kier alpha value is -0.0131. The van der Waals surface area contributed by atoms with Gasteiger partial charge in [0.2, 0.25) is 5.06 Å². The number of ether oxygens (including phenoxy) is 2. The summed E-state index contributed by atoms with van der Waals surface area (Å²) in [6.07, 6.45) is 1.93. The van der Waals surface area contributed by atoms with Gasteiger partial charge in [0.05, 0.1) is 0 Å². The molecule has 0 bridgehead atoms. The zero-order chi connectivity index (χ0) is 20.8. The number of hydrogen-bond acceptors (Lipinski definition) is 5. The summed E-state index contributed by atoms with van der Waals surface area (Å²) in [6, 6.07) is 0. The Morgan fingerprint density at radius 1 is 1.07 bits per heavy atom. The van der Waals surface area contributed by atoms with Crippen LogP contribution < -0.4 is 0 Å². The molecule has 2 aliphatic rings. The molecule has 1 spiro atoms. The number of rotatable bonds is 6. The van der Waals surface area contributed by atoms with Crippen molar-refractivity contribution in [1.82, 2.24) is 4.90 Å². The van der Waals surface area contributed by atoms with E-state index in [9.17, 15) is 0 Å². The Morgan fingerprint density at radius 3 is 2.11 bits per heavy atom. The van der Waals surface area contributed by atoms with Gasteiger partial charge in [-0.15, -0.1) is 0 Å². The van der Waals surface area contributed by atoms with Crippen LogP contribution >= 0.6 is 11.8 Å². The van der Waals surface area contributed by atoms with E-state index in [1.165, 1.54) is 0 Å². The van der Waals surface area contributed by atoms with Gasteiger partial charge in [0.15, 0.2) is 14.6 Å². The van der Waals surface area contributed by atoms with Gasteiger partial charge >= 0.3 is 0 Å². The van der Waals surface area contributed by atoms with E-state index >= 15 is 0 Å². The van der Waals surface area contributed by atoms with Gasteiger partial charge in [-0.3, -0.25) is 0 Å². The van der Waals surface area contributed by atoms with E-state index in [0.717, 1.165) is 0 Å². The minimum atomic E-state index is -1.94. The molecular weight excluding hydrogens is 374 g/mol. The van der Waals surface area contributed by atoms with Crippen LogP contribution in [0.4, 0.5) is 0 Å². The molecule has 0 saturated carbocycles. The number of thioether (sulfide) groups is 1. The molecule has 4 atom stereocenters. The Balaban J connectivity index is 2.39. The summed E-state index contributed by atoms with van der Waals surface area (Å²) in [5.41, 5.74) is 0. The highest BCUT2D eigenvalue weighted by Crippen LogP contribution is 2.52. The fourth-order valence-corrected chi connectivity index (χ4v) is 5.91. The highest BCUT2D eigenvalue weighted by Gasteiger charge is 2.59. The van der Waals surface area contributed by atoms with Crippen molar-refractivity contribution in [3.63, 3.8) is 0 Å². The second kappa shape index (κ2) is 8.02. The molecule has 0 amide bonds. The van der Waals surface area contributed by atoms with Crippen molar-refractivity contribution < 1.29 is 13.9 Å². The highest BCUT2D eigenvalue weighted by atomic mass is 32.2. The third kappa shape index (κ3) is 4.45. The average Bonchev–Trinajstić information content (AvgIpc) is 3.09. The second-order valence-electron chi connectivity index (χ2n) is 10.5. The van der Waals surface area contributed by atoms with Crippen LogP contribution in [0.1, 0.15) is 62.3 Å². The molecule has 4 unspecified atom stereocenters. The van der Waals surface area contributed by atoms with Crippen LogP contribution in [0.25, 0.3) is 0 Å². The molecule has 27 heavy (non-hydrogen) atoms. The quantitative estimate of drug-likeness (QED) is 0.481. The van der Waals surface area contributed by atoms with Crippen molar-refractivity contribution in [3.05, 3.63) is 11.6 Å². The lowest BCUT2D eigenvalue weighted by Crippen LogP contribution is -2.59. The topological polar surface area (TPSA) is 30.9 Å². The molecule has 158 valence electrons. The molecule has 0 N–H and O–H groups in total. The Morgan fingerprint density at radius 2 is 1.67 bits per heavy atom. The van der Waals surface area contributed by atoms with Crippen LogP contribution in [0.15, 0.2) is 11.6 Å². The fraction of sp³-hybridized carbons (Fsp3) is 0.905. The Kier molecular flexibility index (Phi) is 6.91. The van der Waals surface area contributed by atoms with Crippen LogP contribution in [-0.4, -0.2) is 36.9 Å². The monoisotopic (exact) mass is 415 g/mol. The first-order chi connectivity index (χ1) is 12.2. The summed E-state index contributed by atoms with van der Waals surface area (Å²) in [7, 11) is -1.94. The zero-order valence-corrected chi connectivity index (χ0v) is 21.0. The summed E-state index contributed by atoms with van der Waals surface area (Å²) in [5, 5.41) is 1.76. The first-order valence-corrected chi connectivity index (χ1v) is 14.2. The predicted molar refractivity (Wildman–Crippen MR) is 118 cm³/mol. The van der Waals surface area contributed by atoms with E-state index in [2.05, 4.69) is 91.9 Å². The molecule has 1 saturated heterocycles. The molecule has 1 fully saturated rings. The largest absolute Gasteiger partial charge is 0.397 e. The van der Waals surface area contributed by atoms with Gasteiger partial charge in [-0.2, -0.15) is 0 Å². The van der Waals surface area contributed by atoms with E-state index in [4.69, 9.17) is 13.9 Å². The molecular formula is C21H41NO3SSi. The van der Waals surface area contributed by atoms with Crippen molar-refractivity contribution in [3.8, 4) is 0 Å². The number of hydrogen-bond donors (Lipinski definition) is 0. The molecule has 2 heterocycles. The maximum Gasteiger partial charge on any atom is 0.225 e. The summed E-state index contributed by atoms with van der Waals surface area (Å²) in [4.78, 5) is 2.32. The SMILES string of the molecule is CC(C)C1OC(C(C)C)C2(O1)SC=CN2C(O[Si](C)(C)C(C)(C)C)C(C)C. The van der Waals surface area contributed by atoms with Crippen LogP contribution in [0.5, 0.6) is 0 Å². The molecule has 2 aliphatic heterocycles. The molecule has 0 aromatic carbocycles. The van der Waals surface area contributed by atoms with E-state index in [1.54, 1.807) is 11.8 Å². The molecule has 6 heteroatoms. The molecule has 4 nitrogen and oxygen atoms in total. The average molecular weight is 416 g/mol. The van der Waals surface area contributed by atoms with Gasteiger partial charge in [0.1, 0.15) is 12.3 Å². The van der Waals surface area contributed by atoms with Crippen molar-refractivity contribution in [1.29, 1.82) is 0 Å². The fourth-order valence-electron chi connectivity index (χ4n) is 3.28. The minimum absolute atomic E-state index is 0.00540. The molecule has 0 radical (unpaired) electrons. The van der Waals surface area contributed by atoms with Gasteiger partial charge < -0.3 is 18.8 Å². The van der Waals surface area contributed by atoms with Crippen molar-refractivity contribution in [2.45, 2.75) is 104 Å². The van der Waals surface area contributed by atoms with Crippen molar-refractivity contribution >= 4 is 20.1 Å². The van der Waals surface area contributed by atoms with E-state index in [-0.39, 0.29) is 23.7 Å². The Labute approximate surface area is 172 Å².